The second kappa shape index (κ2) is 6.72. The maximum absolute atomic E-state index is 5.46. The van der Waals surface area contributed by atoms with E-state index in [-0.39, 0.29) is 0 Å². The Kier molecular flexibility index (Phi) is 4.09. The lowest BCUT2D eigenvalue weighted by atomic mass is 10.1. The smallest absolute Gasteiger partial charge is 0.137 e. The minimum Gasteiger partial charge on any atom is -0.381 e. The van der Waals surface area contributed by atoms with Gasteiger partial charge in [-0.15, -0.1) is 0 Å². The van der Waals surface area contributed by atoms with Gasteiger partial charge < -0.3 is 10.1 Å². The molecular weight excluding hydrogens is 328 g/mol. The Morgan fingerprint density at radius 1 is 1.15 bits per heavy atom. The van der Waals surface area contributed by atoms with Crippen molar-refractivity contribution < 1.29 is 4.74 Å². The molecular formula is C19H24N6O. The predicted molar refractivity (Wildman–Crippen MR) is 100 cm³/mol. The SMILES string of the molecule is c1cc2[nH]nc(-c3cnn(C4CCCC4)c3)c2c(NC2CCOCC2)n1. The number of H-pyrrole nitrogens is 1. The molecule has 1 aliphatic carbocycles. The van der Waals surface area contributed by atoms with Crippen LogP contribution in [0.25, 0.3) is 22.2 Å². The van der Waals surface area contributed by atoms with Crippen LogP contribution in [0.5, 0.6) is 0 Å². The van der Waals surface area contributed by atoms with Crippen molar-refractivity contribution in [1.82, 2.24) is 25.0 Å². The lowest BCUT2D eigenvalue weighted by Gasteiger charge is -2.23. The molecule has 2 fully saturated rings. The molecule has 7 nitrogen and oxygen atoms in total. The molecule has 136 valence electrons. The van der Waals surface area contributed by atoms with Gasteiger partial charge in [-0.1, -0.05) is 12.8 Å². The first-order chi connectivity index (χ1) is 12.9. The lowest BCUT2D eigenvalue weighted by molar-refractivity contribution is 0.0904. The van der Waals surface area contributed by atoms with Gasteiger partial charge in [-0.05, 0) is 31.7 Å². The molecule has 0 spiro atoms. The number of nitrogens with one attached hydrogen (secondary N) is 2. The van der Waals surface area contributed by atoms with E-state index in [1.807, 2.05) is 18.5 Å². The largest absolute Gasteiger partial charge is 0.381 e. The van der Waals surface area contributed by atoms with E-state index in [9.17, 15) is 0 Å². The third-order valence-corrected chi connectivity index (χ3v) is 5.61. The van der Waals surface area contributed by atoms with Gasteiger partial charge in [0.2, 0.25) is 0 Å². The molecule has 3 aromatic rings. The van der Waals surface area contributed by atoms with E-state index in [1.54, 1.807) is 0 Å². The summed E-state index contributed by atoms with van der Waals surface area (Å²) >= 11 is 0. The van der Waals surface area contributed by atoms with Crippen molar-refractivity contribution in [3.63, 3.8) is 0 Å². The molecule has 0 unspecified atom stereocenters. The van der Waals surface area contributed by atoms with Crippen LogP contribution in [0, 0.1) is 0 Å². The van der Waals surface area contributed by atoms with Gasteiger partial charge in [0, 0.05) is 37.2 Å². The minimum absolute atomic E-state index is 0.394. The molecule has 2 aliphatic rings. The third-order valence-electron chi connectivity index (χ3n) is 5.61. The average Bonchev–Trinajstić information content (AvgIpc) is 3.42. The molecule has 26 heavy (non-hydrogen) atoms. The highest BCUT2D eigenvalue weighted by atomic mass is 16.5. The first kappa shape index (κ1) is 15.8. The van der Waals surface area contributed by atoms with E-state index in [2.05, 4.69) is 36.5 Å². The number of nitrogens with zero attached hydrogens (tertiary/aromatic N) is 4. The number of aromatic amines is 1. The number of ether oxygens (including phenoxy) is 1. The highest BCUT2D eigenvalue weighted by molar-refractivity contribution is 6.00. The highest BCUT2D eigenvalue weighted by Gasteiger charge is 2.21. The van der Waals surface area contributed by atoms with E-state index in [0.29, 0.717) is 12.1 Å². The summed E-state index contributed by atoms with van der Waals surface area (Å²) in [6.45, 7) is 1.61. The van der Waals surface area contributed by atoms with Gasteiger partial charge in [-0.2, -0.15) is 10.2 Å². The van der Waals surface area contributed by atoms with Crippen molar-refractivity contribution in [2.24, 2.45) is 0 Å². The third kappa shape index (κ3) is 2.86. The summed E-state index contributed by atoms with van der Waals surface area (Å²) in [5.41, 5.74) is 2.97. The topological polar surface area (TPSA) is 80.7 Å². The number of hydrogen-bond acceptors (Lipinski definition) is 5. The summed E-state index contributed by atoms with van der Waals surface area (Å²) in [6, 6.07) is 2.90. The summed E-state index contributed by atoms with van der Waals surface area (Å²) in [5, 5.41) is 17.0. The van der Waals surface area contributed by atoms with Gasteiger partial charge in [0.15, 0.2) is 0 Å². The number of aromatic nitrogens is 5. The Morgan fingerprint density at radius 3 is 2.85 bits per heavy atom. The van der Waals surface area contributed by atoms with E-state index in [4.69, 9.17) is 4.74 Å². The highest BCUT2D eigenvalue weighted by Crippen LogP contribution is 2.34. The fourth-order valence-corrected chi connectivity index (χ4v) is 4.15. The maximum Gasteiger partial charge on any atom is 0.137 e. The van der Waals surface area contributed by atoms with Gasteiger partial charge in [-0.3, -0.25) is 9.78 Å². The van der Waals surface area contributed by atoms with E-state index in [0.717, 1.165) is 54.0 Å². The zero-order valence-corrected chi connectivity index (χ0v) is 14.8. The van der Waals surface area contributed by atoms with Crippen LogP contribution in [0.4, 0.5) is 5.82 Å². The Labute approximate surface area is 152 Å². The molecule has 1 aliphatic heterocycles. The average molecular weight is 352 g/mol. The molecule has 4 heterocycles. The van der Waals surface area contributed by atoms with E-state index >= 15 is 0 Å². The maximum atomic E-state index is 5.46. The first-order valence-electron chi connectivity index (χ1n) is 9.60. The molecule has 3 aromatic heterocycles. The van der Waals surface area contributed by atoms with Gasteiger partial charge in [0.1, 0.15) is 11.5 Å². The molecule has 2 N–H and O–H groups in total. The molecule has 1 saturated heterocycles. The fraction of sp³-hybridized carbons (Fsp3) is 0.526. The Bertz CT molecular complexity index is 888. The van der Waals surface area contributed by atoms with Crippen LogP contribution < -0.4 is 5.32 Å². The van der Waals surface area contributed by atoms with Gasteiger partial charge in [0.05, 0.1) is 23.1 Å². The van der Waals surface area contributed by atoms with Crippen molar-refractivity contribution >= 4 is 16.7 Å². The lowest BCUT2D eigenvalue weighted by Crippen LogP contribution is -2.28. The molecule has 0 aromatic carbocycles. The van der Waals surface area contributed by atoms with Crippen molar-refractivity contribution in [2.75, 3.05) is 18.5 Å². The minimum atomic E-state index is 0.394. The number of pyridine rings is 1. The van der Waals surface area contributed by atoms with Crippen molar-refractivity contribution in [3.05, 3.63) is 24.7 Å². The van der Waals surface area contributed by atoms with Crippen LogP contribution in [0.1, 0.15) is 44.6 Å². The van der Waals surface area contributed by atoms with Crippen LogP contribution in [0.2, 0.25) is 0 Å². The molecule has 0 amide bonds. The number of anilines is 1. The van der Waals surface area contributed by atoms with Crippen molar-refractivity contribution in [3.8, 4) is 11.3 Å². The fourth-order valence-electron chi connectivity index (χ4n) is 4.15. The van der Waals surface area contributed by atoms with Crippen LogP contribution in [-0.4, -0.2) is 44.2 Å². The molecule has 0 bridgehead atoms. The van der Waals surface area contributed by atoms with Gasteiger partial charge >= 0.3 is 0 Å². The predicted octanol–water partition coefficient (Wildman–Crippen LogP) is 3.53. The molecule has 0 radical (unpaired) electrons. The van der Waals surface area contributed by atoms with Crippen molar-refractivity contribution in [1.29, 1.82) is 0 Å². The Morgan fingerprint density at radius 2 is 2.00 bits per heavy atom. The Balaban J connectivity index is 1.49. The van der Waals surface area contributed by atoms with Gasteiger partial charge in [0.25, 0.3) is 0 Å². The molecule has 0 atom stereocenters. The van der Waals surface area contributed by atoms with Gasteiger partial charge in [-0.25, -0.2) is 4.98 Å². The van der Waals surface area contributed by atoms with Crippen LogP contribution in [0.3, 0.4) is 0 Å². The van der Waals surface area contributed by atoms with E-state index in [1.165, 1.54) is 25.7 Å². The zero-order valence-electron chi connectivity index (χ0n) is 14.8. The number of rotatable bonds is 4. The van der Waals surface area contributed by atoms with Crippen molar-refractivity contribution in [2.45, 2.75) is 50.6 Å². The Hall–Kier alpha value is -2.41. The summed E-state index contributed by atoms with van der Waals surface area (Å²) in [4.78, 5) is 4.60. The molecule has 5 rings (SSSR count). The zero-order chi connectivity index (χ0) is 17.3. The molecule has 1 saturated carbocycles. The van der Waals surface area contributed by atoms with Crippen LogP contribution >= 0.6 is 0 Å². The second-order valence-corrected chi connectivity index (χ2v) is 7.33. The summed E-state index contributed by atoms with van der Waals surface area (Å²) < 4.78 is 7.58. The second-order valence-electron chi connectivity index (χ2n) is 7.33. The quantitative estimate of drug-likeness (QED) is 0.751. The summed E-state index contributed by atoms with van der Waals surface area (Å²) in [7, 11) is 0. The standard InChI is InChI=1S/C19H24N6O/c1-2-4-15(3-1)25-12-13(11-21-25)18-17-16(23-24-18)5-8-20-19(17)22-14-6-9-26-10-7-14/h5,8,11-12,14-15H,1-4,6-7,9-10H2,(H,20,22)(H,23,24). The van der Waals surface area contributed by atoms with Crippen LogP contribution in [0.15, 0.2) is 24.7 Å². The number of fused-ring (bicyclic) bond motifs is 1. The first-order valence-corrected chi connectivity index (χ1v) is 9.60. The number of hydrogen-bond donors (Lipinski definition) is 2. The summed E-state index contributed by atoms with van der Waals surface area (Å²) in [6.07, 6.45) is 12.9. The molecule has 7 heteroatoms. The summed E-state index contributed by atoms with van der Waals surface area (Å²) in [5.74, 6) is 0.895. The van der Waals surface area contributed by atoms with Crippen LogP contribution in [-0.2, 0) is 4.74 Å². The normalized spacial score (nSPS) is 19.4. The van der Waals surface area contributed by atoms with E-state index < -0.39 is 0 Å². The monoisotopic (exact) mass is 352 g/mol.